The van der Waals surface area contributed by atoms with Gasteiger partial charge in [0.1, 0.15) is 9.84 Å². The van der Waals surface area contributed by atoms with E-state index in [0.29, 0.717) is 11.5 Å². The van der Waals surface area contributed by atoms with Crippen LogP contribution in [0.4, 0.5) is 0 Å². The highest BCUT2D eigenvalue weighted by Gasteiger charge is 2.14. The smallest absolute Gasteiger partial charge is 0.160 e. The standard InChI is InChI=1S/C15H25NO4S/c1-11(16-12(2)10-21(5,17)18)8-13-6-7-14(19-3)15(9-13)20-4/h6-7,9,11-12,16H,8,10H2,1-5H3. The average molecular weight is 315 g/mol. The molecule has 5 nitrogen and oxygen atoms in total. The topological polar surface area (TPSA) is 64.6 Å². The molecule has 0 fully saturated rings. The molecule has 0 saturated heterocycles. The van der Waals surface area contributed by atoms with Crippen LogP contribution in [0, 0.1) is 0 Å². The van der Waals surface area contributed by atoms with Gasteiger partial charge >= 0.3 is 0 Å². The fourth-order valence-electron chi connectivity index (χ4n) is 2.41. The second-order valence-electron chi connectivity index (χ2n) is 5.45. The summed E-state index contributed by atoms with van der Waals surface area (Å²) in [7, 11) is 0.254. The van der Waals surface area contributed by atoms with Gasteiger partial charge in [-0.05, 0) is 38.0 Å². The Balaban J connectivity index is 2.64. The SMILES string of the molecule is COc1ccc(CC(C)NC(C)CS(C)(=O)=O)cc1OC. The van der Waals surface area contributed by atoms with Crippen molar-refractivity contribution in [1.29, 1.82) is 0 Å². The van der Waals surface area contributed by atoms with E-state index in [2.05, 4.69) is 5.32 Å². The molecule has 1 N–H and O–H groups in total. The van der Waals surface area contributed by atoms with Crippen molar-refractivity contribution in [2.45, 2.75) is 32.4 Å². The van der Waals surface area contributed by atoms with E-state index in [4.69, 9.17) is 9.47 Å². The molecule has 0 aliphatic rings. The number of benzene rings is 1. The van der Waals surface area contributed by atoms with Crippen LogP contribution in [-0.2, 0) is 16.3 Å². The molecular weight excluding hydrogens is 290 g/mol. The molecule has 21 heavy (non-hydrogen) atoms. The number of hydrogen-bond acceptors (Lipinski definition) is 5. The lowest BCUT2D eigenvalue weighted by atomic mass is 10.1. The highest BCUT2D eigenvalue weighted by molar-refractivity contribution is 7.90. The van der Waals surface area contributed by atoms with E-state index in [0.717, 1.165) is 12.0 Å². The lowest BCUT2D eigenvalue weighted by molar-refractivity contribution is 0.354. The minimum absolute atomic E-state index is 0.0739. The Morgan fingerprint density at radius 3 is 2.24 bits per heavy atom. The first-order chi connectivity index (χ1) is 9.75. The number of ether oxygens (including phenoxy) is 2. The van der Waals surface area contributed by atoms with Gasteiger partial charge < -0.3 is 14.8 Å². The molecule has 0 aliphatic heterocycles. The number of sulfone groups is 1. The number of methoxy groups -OCH3 is 2. The fraction of sp³-hybridized carbons (Fsp3) is 0.600. The van der Waals surface area contributed by atoms with Crippen LogP contribution in [0.1, 0.15) is 19.4 Å². The molecule has 1 rings (SSSR count). The number of rotatable bonds is 8. The van der Waals surface area contributed by atoms with Crippen molar-refractivity contribution in [3.63, 3.8) is 0 Å². The summed E-state index contributed by atoms with van der Waals surface area (Å²) >= 11 is 0. The molecule has 1 aromatic rings. The van der Waals surface area contributed by atoms with Gasteiger partial charge in [-0.2, -0.15) is 0 Å². The van der Waals surface area contributed by atoms with Crippen molar-refractivity contribution in [2.24, 2.45) is 0 Å². The first-order valence-corrected chi connectivity index (χ1v) is 8.96. The molecule has 2 unspecified atom stereocenters. The monoisotopic (exact) mass is 315 g/mol. The summed E-state index contributed by atoms with van der Waals surface area (Å²) in [5, 5.41) is 3.30. The summed E-state index contributed by atoms with van der Waals surface area (Å²) in [5.41, 5.74) is 1.11. The summed E-state index contributed by atoms with van der Waals surface area (Å²) < 4.78 is 33.0. The second-order valence-corrected chi connectivity index (χ2v) is 7.64. The summed E-state index contributed by atoms with van der Waals surface area (Å²) in [6.07, 6.45) is 2.04. The summed E-state index contributed by atoms with van der Waals surface area (Å²) in [4.78, 5) is 0. The van der Waals surface area contributed by atoms with Crippen LogP contribution in [-0.4, -0.2) is 46.7 Å². The van der Waals surface area contributed by atoms with Crippen molar-refractivity contribution in [3.8, 4) is 11.5 Å². The van der Waals surface area contributed by atoms with Gasteiger partial charge in [-0.25, -0.2) is 8.42 Å². The van der Waals surface area contributed by atoms with Gasteiger partial charge in [-0.1, -0.05) is 6.07 Å². The zero-order valence-corrected chi connectivity index (χ0v) is 14.2. The average Bonchev–Trinajstić information content (AvgIpc) is 2.35. The molecule has 0 amide bonds. The van der Waals surface area contributed by atoms with Gasteiger partial charge in [0.2, 0.25) is 0 Å². The molecule has 0 radical (unpaired) electrons. The third-order valence-corrected chi connectivity index (χ3v) is 4.22. The summed E-state index contributed by atoms with van der Waals surface area (Å²) in [6.45, 7) is 3.92. The maximum atomic E-state index is 11.3. The number of nitrogens with one attached hydrogen (secondary N) is 1. The molecular formula is C15H25NO4S. The maximum absolute atomic E-state index is 11.3. The van der Waals surface area contributed by atoms with Crippen LogP contribution < -0.4 is 14.8 Å². The Morgan fingerprint density at radius 1 is 1.10 bits per heavy atom. The van der Waals surface area contributed by atoms with Crippen LogP contribution >= 0.6 is 0 Å². The minimum Gasteiger partial charge on any atom is -0.493 e. The van der Waals surface area contributed by atoms with Crippen molar-refractivity contribution in [1.82, 2.24) is 5.32 Å². The first-order valence-electron chi connectivity index (χ1n) is 6.90. The molecule has 0 saturated carbocycles. The number of hydrogen-bond donors (Lipinski definition) is 1. The quantitative estimate of drug-likeness (QED) is 0.790. The Hall–Kier alpha value is -1.27. The van der Waals surface area contributed by atoms with Crippen molar-refractivity contribution < 1.29 is 17.9 Å². The largest absolute Gasteiger partial charge is 0.493 e. The summed E-state index contributed by atoms with van der Waals surface area (Å²) in [6, 6.07) is 5.90. The second kappa shape index (κ2) is 7.66. The van der Waals surface area contributed by atoms with E-state index in [-0.39, 0.29) is 17.8 Å². The van der Waals surface area contributed by atoms with Crippen molar-refractivity contribution in [2.75, 3.05) is 26.2 Å². The van der Waals surface area contributed by atoms with Crippen LogP contribution in [0.5, 0.6) is 11.5 Å². The third kappa shape index (κ3) is 6.35. The van der Waals surface area contributed by atoms with E-state index < -0.39 is 9.84 Å². The fourth-order valence-corrected chi connectivity index (χ4v) is 3.41. The molecule has 120 valence electrons. The van der Waals surface area contributed by atoms with Gasteiger partial charge in [-0.15, -0.1) is 0 Å². The van der Waals surface area contributed by atoms with Crippen LogP contribution in [0.3, 0.4) is 0 Å². The predicted octanol–water partition coefficient (Wildman–Crippen LogP) is 1.66. The maximum Gasteiger partial charge on any atom is 0.160 e. The molecule has 1 aromatic carbocycles. The Kier molecular flexibility index (Phi) is 6.48. The minimum atomic E-state index is -2.96. The van der Waals surface area contributed by atoms with Crippen LogP contribution in [0.25, 0.3) is 0 Å². The van der Waals surface area contributed by atoms with E-state index in [1.165, 1.54) is 6.26 Å². The van der Waals surface area contributed by atoms with Gasteiger partial charge in [0.25, 0.3) is 0 Å². The third-order valence-electron chi connectivity index (χ3n) is 3.11. The van der Waals surface area contributed by atoms with Crippen LogP contribution in [0.15, 0.2) is 18.2 Å². The highest BCUT2D eigenvalue weighted by Crippen LogP contribution is 2.27. The molecule has 0 aliphatic carbocycles. The van der Waals surface area contributed by atoms with Gasteiger partial charge in [0, 0.05) is 18.3 Å². The molecule has 0 bridgehead atoms. The summed E-state index contributed by atoms with van der Waals surface area (Å²) in [5.74, 6) is 1.54. The lowest BCUT2D eigenvalue weighted by Crippen LogP contribution is -2.39. The van der Waals surface area contributed by atoms with Crippen LogP contribution in [0.2, 0.25) is 0 Å². The highest BCUT2D eigenvalue weighted by atomic mass is 32.2. The Morgan fingerprint density at radius 2 is 1.71 bits per heavy atom. The zero-order valence-electron chi connectivity index (χ0n) is 13.3. The van der Waals surface area contributed by atoms with E-state index in [1.807, 2.05) is 32.0 Å². The molecule has 6 heteroatoms. The molecule has 0 aromatic heterocycles. The first kappa shape index (κ1) is 17.8. The van der Waals surface area contributed by atoms with E-state index >= 15 is 0 Å². The predicted molar refractivity (Wildman–Crippen MR) is 85.0 cm³/mol. The normalized spacial score (nSPS) is 14.5. The molecule has 2 atom stereocenters. The Labute approximate surface area is 127 Å². The lowest BCUT2D eigenvalue weighted by Gasteiger charge is -2.20. The van der Waals surface area contributed by atoms with Crippen molar-refractivity contribution >= 4 is 9.84 Å². The van der Waals surface area contributed by atoms with Gasteiger partial charge in [-0.3, -0.25) is 0 Å². The molecule has 0 spiro atoms. The van der Waals surface area contributed by atoms with Crippen molar-refractivity contribution in [3.05, 3.63) is 23.8 Å². The molecule has 0 heterocycles. The zero-order chi connectivity index (χ0) is 16.0. The van der Waals surface area contributed by atoms with E-state index in [1.54, 1.807) is 14.2 Å². The van der Waals surface area contributed by atoms with Gasteiger partial charge in [0.05, 0.1) is 20.0 Å². The van der Waals surface area contributed by atoms with E-state index in [9.17, 15) is 8.42 Å². The Bertz CT molecular complexity index is 557. The van der Waals surface area contributed by atoms with Gasteiger partial charge in [0.15, 0.2) is 11.5 Å².